The second-order valence-electron chi connectivity index (χ2n) is 2.78. The van der Waals surface area contributed by atoms with Gasteiger partial charge in [-0.1, -0.05) is 0 Å². The highest BCUT2D eigenvalue weighted by Crippen LogP contribution is 2.42. The Kier molecular flexibility index (Phi) is 2.70. The molecule has 78 valence electrons. The van der Waals surface area contributed by atoms with Crippen molar-refractivity contribution in [3.05, 3.63) is 5.69 Å². The highest BCUT2D eigenvalue weighted by atomic mass is 32.2. The predicted molar refractivity (Wildman–Crippen MR) is 49.7 cm³/mol. The quantitative estimate of drug-likeness (QED) is 0.755. The van der Waals surface area contributed by atoms with Crippen LogP contribution in [0.5, 0.6) is 0 Å². The van der Waals surface area contributed by atoms with Gasteiger partial charge in [0.15, 0.2) is 5.69 Å². The molecule has 2 rings (SSSR count). The summed E-state index contributed by atoms with van der Waals surface area (Å²) in [5, 5.41) is 6.23. The molecule has 7 heteroatoms. The van der Waals surface area contributed by atoms with Gasteiger partial charge in [0.1, 0.15) is 5.03 Å². The Morgan fingerprint density at radius 1 is 1.21 bits per heavy atom. The van der Waals surface area contributed by atoms with Crippen LogP contribution in [0.25, 0.3) is 0 Å². The van der Waals surface area contributed by atoms with E-state index in [2.05, 4.69) is 10.2 Å². The van der Waals surface area contributed by atoms with E-state index >= 15 is 0 Å². The largest absolute Gasteiger partial charge is 0.433 e. The molecule has 1 aliphatic heterocycles. The van der Waals surface area contributed by atoms with Crippen molar-refractivity contribution < 1.29 is 13.2 Å². The van der Waals surface area contributed by atoms with Crippen molar-refractivity contribution in [3.8, 4) is 0 Å². The molecular weight excluding hydrogens is 233 g/mol. The van der Waals surface area contributed by atoms with Gasteiger partial charge in [-0.3, -0.25) is 5.10 Å². The van der Waals surface area contributed by atoms with Crippen LogP contribution >= 0.6 is 23.5 Å². The zero-order chi connectivity index (χ0) is 10.2. The van der Waals surface area contributed by atoms with E-state index in [0.29, 0.717) is 5.03 Å². The number of alkyl halides is 3. The third kappa shape index (κ3) is 1.88. The van der Waals surface area contributed by atoms with E-state index in [4.69, 9.17) is 0 Å². The van der Waals surface area contributed by atoms with Gasteiger partial charge in [-0.2, -0.15) is 18.3 Å². The maximum atomic E-state index is 12.4. The Balaban J connectivity index is 2.39. The molecule has 1 N–H and O–H groups in total. The van der Waals surface area contributed by atoms with Crippen molar-refractivity contribution in [2.75, 3.05) is 11.5 Å². The van der Waals surface area contributed by atoms with Crippen molar-refractivity contribution in [2.45, 2.75) is 22.5 Å². The first-order valence-corrected chi connectivity index (χ1v) is 5.97. The molecule has 0 atom stereocenters. The number of nitrogens with zero attached hydrogens (tertiary/aromatic N) is 1. The van der Waals surface area contributed by atoms with Gasteiger partial charge in [-0.25, -0.2) is 0 Å². The summed E-state index contributed by atoms with van der Waals surface area (Å²) in [7, 11) is 0. The van der Waals surface area contributed by atoms with Gasteiger partial charge in [0.2, 0.25) is 0 Å². The second kappa shape index (κ2) is 3.69. The van der Waals surface area contributed by atoms with Crippen molar-refractivity contribution in [1.82, 2.24) is 10.2 Å². The molecule has 1 aromatic heterocycles. The lowest BCUT2D eigenvalue weighted by Gasteiger charge is -2.05. The average Bonchev–Trinajstić information content (AvgIpc) is 2.36. The molecule has 0 aromatic carbocycles. The molecule has 0 radical (unpaired) electrons. The number of hydrogen-bond acceptors (Lipinski definition) is 3. The molecule has 0 aliphatic carbocycles. The number of nitrogens with one attached hydrogen (secondary N) is 1. The molecule has 0 spiro atoms. The molecule has 0 bridgehead atoms. The fourth-order valence-corrected chi connectivity index (χ4v) is 3.47. The Bertz CT molecular complexity index is 334. The van der Waals surface area contributed by atoms with Gasteiger partial charge in [0, 0.05) is 5.75 Å². The molecule has 0 amide bonds. The first-order chi connectivity index (χ1) is 6.59. The molecule has 1 aromatic rings. The Hall–Kier alpha value is -0.300. The van der Waals surface area contributed by atoms with Crippen molar-refractivity contribution in [2.24, 2.45) is 0 Å². The summed E-state index contributed by atoms with van der Waals surface area (Å²) in [6.45, 7) is 0. The monoisotopic (exact) mass is 240 g/mol. The van der Waals surface area contributed by atoms with Gasteiger partial charge in [-0.05, 0) is 12.2 Å². The summed E-state index contributed by atoms with van der Waals surface area (Å²) in [5.41, 5.74) is -0.702. The number of rotatable bonds is 0. The summed E-state index contributed by atoms with van der Waals surface area (Å²) >= 11 is 2.62. The fraction of sp³-hybridized carbons (Fsp3) is 0.571. The van der Waals surface area contributed by atoms with Crippen LogP contribution in [0.15, 0.2) is 9.92 Å². The molecule has 0 saturated heterocycles. The summed E-state index contributed by atoms with van der Waals surface area (Å²) < 4.78 is 37.3. The van der Waals surface area contributed by atoms with Gasteiger partial charge in [-0.15, -0.1) is 23.5 Å². The van der Waals surface area contributed by atoms with E-state index in [9.17, 15) is 13.2 Å². The summed E-state index contributed by atoms with van der Waals surface area (Å²) in [6, 6.07) is 0. The average molecular weight is 240 g/mol. The summed E-state index contributed by atoms with van der Waals surface area (Å²) in [6.07, 6.45) is -3.40. The van der Waals surface area contributed by atoms with E-state index in [1.807, 2.05) is 0 Å². The lowest BCUT2D eigenvalue weighted by atomic mass is 10.4. The molecule has 2 nitrogen and oxygen atoms in total. The number of thioether (sulfide) groups is 2. The minimum Gasteiger partial charge on any atom is -0.271 e. The van der Waals surface area contributed by atoms with Gasteiger partial charge in [0.05, 0.1) is 4.90 Å². The van der Waals surface area contributed by atoms with E-state index in [-0.39, 0.29) is 4.90 Å². The van der Waals surface area contributed by atoms with Crippen LogP contribution in [0.3, 0.4) is 0 Å². The van der Waals surface area contributed by atoms with E-state index in [1.165, 1.54) is 23.5 Å². The molecule has 1 aliphatic rings. The number of hydrogen-bond donors (Lipinski definition) is 1. The number of aromatic nitrogens is 2. The lowest BCUT2D eigenvalue weighted by molar-refractivity contribution is -0.143. The molecule has 0 unspecified atom stereocenters. The van der Waals surface area contributed by atoms with Crippen molar-refractivity contribution in [1.29, 1.82) is 0 Å². The normalized spacial score (nSPS) is 17.6. The zero-order valence-corrected chi connectivity index (χ0v) is 8.65. The minimum absolute atomic E-state index is 0.264. The van der Waals surface area contributed by atoms with Crippen LogP contribution in [0.2, 0.25) is 0 Å². The number of fused-ring (bicyclic) bond motifs is 1. The van der Waals surface area contributed by atoms with Crippen LogP contribution < -0.4 is 0 Å². The van der Waals surface area contributed by atoms with Gasteiger partial charge >= 0.3 is 6.18 Å². The first kappa shape index (κ1) is 10.2. The highest BCUT2D eigenvalue weighted by molar-refractivity contribution is 8.02. The number of halogens is 3. The second-order valence-corrected chi connectivity index (χ2v) is 4.97. The molecule has 14 heavy (non-hydrogen) atoms. The Morgan fingerprint density at radius 2 is 1.93 bits per heavy atom. The number of aromatic amines is 1. The zero-order valence-electron chi connectivity index (χ0n) is 7.02. The van der Waals surface area contributed by atoms with Crippen LogP contribution in [0.1, 0.15) is 12.1 Å². The standard InChI is InChI=1S/C7H7F3N2S2/c8-7(9,10)5-4-6(12-11-5)14-3-1-2-13-4/h1-3H2,(H,11,12). The Morgan fingerprint density at radius 3 is 2.64 bits per heavy atom. The minimum atomic E-state index is -4.32. The van der Waals surface area contributed by atoms with Crippen molar-refractivity contribution >= 4 is 23.5 Å². The van der Waals surface area contributed by atoms with Crippen LogP contribution in [-0.4, -0.2) is 21.7 Å². The molecule has 2 heterocycles. The fourth-order valence-electron chi connectivity index (χ4n) is 1.14. The smallest absolute Gasteiger partial charge is 0.271 e. The van der Waals surface area contributed by atoms with Gasteiger partial charge in [0.25, 0.3) is 0 Å². The summed E-state index contributed by atoms with van der Waals surface area (Å²) in [4.78, 5) is 0.264. The third-order valence-electron chi connectivity index (χ3n) is 1.75. The van der Waals surface area contributed by atoms with Crippen LogP contribution in [0.4, 0.5) is 13.2 Å². The molecular formula is C7H7F3N2S2. The summed E-state index contributed by atoms with van der Waals surface area (Å²) in [5.74, 6) is 1.56. The number of H-pyrrole nitrogens is 1. The van der Waals surface area contributed by atoms with Gasteiger partial charge < -0.3 is 0 Å². The maximum Gasteiger partial charge on any atom is 0.433 e. The highest BCUT2D eigenvalue weighted by Gasteiger charge is 2.37. The topological polar surface area (TPSA) is 28.7 Å². The SMILES string of the molecule is FC(F)(F)c1[nH]nc2c1SCCCS2. The first-order valence-electron chi connectivity index (χ1n) is 4.00. The maximum absolute atomic E-state index is 12.4. The third-order valence-corrected chi connectivity index (χ3v) is 4.12. The molecule has 0 saturated carbocycles. The van der Waals surface area contributed by atoms with Crippen LogP contribution in [-0.2, 0) is 6.18 Å². The van der Waals surface area contributed by atoms with E-state index < -0.39 is 11.9 Å². The van der Waals surface area contributed by atoms with E-state index in [1.54, 1.807) is 0 Å². The molecule has 0 fully saturated rings. The van der Waals surface area contributed by atoms with Crippen molar-refractivity contribution in [3.63, 3.8) is 0 Å². The lowest BCUT2D eigenvalue weighted by Crippen LogP contribution is -2.07. The van der Waals surface area contributed by atoms with Crippen LogP contribution in [0, 0.1) is 0 Å². The van der Waals surface area contributed by atoms with E-state index in [0.717, 1.165) is 17.9 Å². The Labute approximate surface area is 87.0 Å². The predicted octanol–water partition coefficient (Wildman–Crippen LogP) is 3.02.